The second-order valence-electron chi connectivity index (χ2n) is 8.01. The maximum absolute atomic E-state index is 12.5. The molecule has 0 saturated heterocycles. The summed E-state index contributed by atoms with van der Waals surface area (Å²) in [5, 5.41) is 2.94. The van der Waals surface area contributed by atoms with E-state index in [4.69, 9.17) is 4.74 Å². The van der Waals surface area contributed by atoms with Crippen molar-refractivity contribution in [1.82, 2.24) is 14.9 Å². The van der Waals surface area contributed by atoms with Gasteiger partial charge in [-0.05, 0) is 49.1 Å². The SMILES string of the molecule is CCn1c(CNC(=O)C(C)Oc2ccc(C(C)(C)C)cc2)nc2ccccc21. The first kappa shape index (κ1) is 19.9. The predicted molar refractivity (Wildman–Crippen MR) is 112 cm³/mol. The first-order valence-corrected chi connectivity index (χ1v) is 9.78. The van der Waals surface area contributed by atoms with Crippen molar-refractivity contribution in [2.24, 2.45) is 0 Å². The van der Waals surface area contributed by atoms with Gasteiger partial charge in [0.05, 0.1) is 17.6 Å². The Morgan fingerprint density at radius 1 is 1.14 bits per heavy atom. The lowest BCUT2D eigenvalue weighted by atomic mass is 9.87. The van der Waals surface area contributed by atoms with E-state index in [9.17, 15) is 4.79 Å². The fraction of sp³-hybridized carbons (Fsp3) is 0.391. The molecule has 1 atom stereocenters. The fourth-order valence-corrected chi connectivity index (χ4v) is 3.21. The van der Waals surface area contributed by atoms with Gasteiger partial charge in [0.2, 0.25) is 0 Å². The van der Waals surface area contributed by atoms with Crippen LogP contribution in [0.4, 0.5) is 0 Å². The number of amides is 1. The van der Waals surface area contributed by atoms with E-state index in [1.165, 1.54) is 5.56 Å². The minimum absolute atomic E-state index is 0.0895. The molecule has 0 saturated carbocycles. The summed E-state index contributed by atoms with van der Waals surface area (Å²) in [5.41, 5.74) is 3.34. The first-order valence-electron chi connectivity index (χ1n) is 9.78. The molecule has 0 radical (unpaired) electrons. The molecule has 3 aromatic rings. The number of aromatic nitrogens is 2. The van der Waals surface area contributed by atoms with Crippen molar-refractivity contribution >= 4 is 16.9 Å². The summed E-state index contributed by atoms with van der Waals surface area (Å²) in [7, 11) is 0. The van der Waals surface area contributed by atoms with Crippen molar-refractivity contribution in [1.29, 1.82) is 0 Å². The summed E-state index contributed by atoms with van der Waals surface area (Å²) < 4.78 is 7.93. The molecule has 3 rings (SSSR count). The minimum atomic E-state index is -0.583. The van der Waals surface area contributed by atoms with Gasteiger partial charge in [-0.25, -0.2) is 4.98 Å². The summed E-state index contributed by atoms with van der Waals surface area (Å²) in [5.74, 6) is 1.38. The van der Waals surface area contributed by atoms with Crippen LogP contribution in [-0.2, 0) is 23.3 Å². The Labute approximate surface area is 166 Å². The molecule has 1 amide bonds. The third-order valence-electron chi connectivity index (χ3n) is 4.87. The van der Waals surface area contributed by atoms with E-state index in [0.29, 0.717) is 12.3 Å². The van der Waals surface area contributed by atoms with Crippen LogP contribution >= 0.6 is 0 Å². The Hall–Kier alpha value is -2.82. The lowest BCUT2D eigenvalue weighted by molar-refractivity contribution is -0.127. The third-order valence-corrected chi connectivity index (χ3v) is 4.87. The minimum Gasteiger partial charge on any atom is -0.481 e. The number of imidazole rings is 1. The molecule has 0 aliphatic heterocycles. The highest BCUT2D eigenvalue weighted by atomic mass is 16.5. The third kappa shape index (κ3) is 4.35. The molecule has 148 valence electrons. The zero-order chi connectivity index (χ0) is 20.3. The molecule has 2 aromatic carbocycles. The number of ether oxygens (including phenoxy) is 1. The summed E-state index contributed by atoms with van der Waals surface area (Å²) >= 11 is 0. The number of benzene rings is 2. The van der Waals surface area contributed by atoms with Gasteiger partial charge in [-0.15, -0.1) is 0 Å². The Bertz CT molecular complexity index is 952. The van der Waals surface area contributed by atoms with Gasteiger partial charge in [0.25, 0.3) is 5.91 Å². The Morgan fingerprint density at radius 3 is 2.46 bits per heavy atom. The molecule has 0 fully saturated rings. The van der Waals surface area contributed by atoms with E-state index in [1.54, 1.807) is 6.92 Å². The number of fused-ring (bicyclic) bond motifs is 1. The highest BCUT2D eigenvalue weighted by molar-refractivity contribution is 5.81. The molecule has 1 aromatic heterocycles. The summed E-state index contributed by atoms with van der Waals surface area (Å²) in [6, 6.07) is 15.9. The Morgan fingerprint density at radius 2 is 1.82 bits per heavy atom. The zero-order valence-corrected chi connectivity index (χ0v) is 17.3. The van der Waals surface area contributed by atoms with Crippen molar-refractivity contribution in [2.45, 2.75) is 59.2 Å². The number of carbonyl (C=O) groups is 1. The largest absolute Gasteiger partial charge is 0.481 e. The van der Waals surface area contributed by atoms with Crippen LogP contribution in [0.2, 0.25) is 0 Å². The van der Waals surface area contributed by atoms with Gasteiger partial charge < -0.3 is 14.6 Å². The highest BCUT2D eigenvalue weighted by Crippen LogP contribution is 2.24. The van der Waals surface area contributed by atoms with Crippen LogP contribution in [0.5, 0.6) is 5.75 Å². The monoisotopic (exact) mass is 379 g/mol. The fourth-order valence-electron chi connectivity index (χ4n) is 3.21. The average Bonchev–Trinajstić information content (AvgIpc) is 3.03. The van der Waals surface area contributed by atoms with E-state index in [-0.39, 0.29) is 11.3 Å². The lowest BCUT2D eigenvalue weighted by Gasteiger charge is -2.20. The normalized spacial score (nSPS) is 12.8. The second-order valence-corrected chi connectivity index (χ2v) is 8.01. The number of rotatable bonds is 6. The number of carbonyl (C=O) groups excluding carboxylic acids is 1. The molecule has 5 nitrogen and oxygen atoms in total. The van der Waals surface area contributed by atoms with Crippen LogP contribution in [0, 0.1) is 0 Å². The summed E-state index contributed by atoms with van der Waals surface area (Å²) in [6.45, 7) is 11.5. The molecule has 0 spiro atoms. The number of para-hydroxylation sites is 2. The summed E-state index contributed by atoms with van der Waals surface area (Å²) in [6.07, 6.45) is -0.583. The van der Waals surface area contributed by atoms with Gasteiger partial charge in [-0.2, -0.15) is 0 Å². The standard InChI is InChI=1S/C23H29N3O2/c1-6-26-20-10-8-7-9-19(20)25-21(26)15-24-22(27)16(2)28-18-13-11-17(12-14-18)23(3,4)5/h7-14,16H,6,15H2,1-5H3,(H,24,27). The van der Waals surface area contributed by atoms with Crippen molar-refractivity contribution in [3.05, 3.63) is 59.9 Å². The van der Waals surface area contributed by atoms with Crippen LogP contribution in [0.1, 0.15) is 46.0 Å². The van der Waals surface area contributed by atoms with E-state index in [2.05, 4.69) is 42.6 Å². The van der Waals surface area contributed by atoms with Gasteiger partial charge in [-0.1, -0.05) is 45.0 Å². The van der Waals surface area contributed by atoms with Gasteiger partial charge in [0, 0.05) is 6.54 Å². The topological polar surface area (TPSA) is 56.2 Å². The van der Waals surface area contributed by atoms with Crippen LogP contribution in [0.15, 0.2) is 48.5 Å². The Balaban J connectivity index is 1.62. The van der Waals surface area contributed by atoms with Gasteiger partial charge in [0.1, 0.15) is 11.6 Å². The number of nitrogens with zero attached hydrogens (tertiary/aromatic N) is 2. The number of hydrogen-bond acceptors (Lipinski definition) is 3. The van der Waals surface area contributed by atoms with Gasteiger partial charge in [-0.3, -0.25) is 4.79 Å². The second kappa shape index (κ2) is 8.05. The van der Waals surface area contributed by atoms with Crippen LogP contribution in [0.3, 0.4) is 0 Å². The Kier molecular flexibility index (Phi) is 5.73. The quantitative estimate of drug-likeness (QED) is 0.689. The number of aryl methyl sites for hydroxylation is 1. The smallest absolute Gasteiger partial charge is 0.261 e. The highest BCUT2D eigenvalue weighted by Gasteiger charge is 2.17. The molecule has 1 heterocycles. The first-order chi connectivity index (χ1) is 13.3. The maximum atomic E-state index is 12.5. The average molecular weight is 380 g/mol. The van der Waals surface area contributed by atoms with Crippen molar-refractivity contribution in [2.75, 3.05) is 0 Å². The van der Waals surface area contributed by atoms with Crippen molar-refractivity contribution in [3.63, 3.8) is 0 Å². The van der Waals surface area contributed by atoms with Crippen LogP contribution < -0.4 is 10.1 Å². The molecule has 1 N–H and O–H groups in total. The number of nitrogens with one attached hydrogen (secondary N) is 1. The van der Waals surface area contributed by atoms with E-state index >= 15 is 0 Å². The maximum Gasteiger partial charge on any atom is 0.261 e. The molecule has 0 bridgehead atoms. The molecule has 0 aliphatic carbocycles. The van der Waals surface area contributed by atoms with E-state index in [0.717, 1.165) is 23.4 Å². The molecular formula is C23H29N3O2. The van der Waals surface area contributed by atoms with E-state index < -0.39 is 6.10 Å². The van der Waals surface area contributed by atoms with Crippen LogP contribution in [0.25, 0.3) is 11.0 Å². The number of hydrogen-bond donors (Lipinski definition) is 1. The van der Waals surface area contributed by atoms with Gasteiger partial charge in [0.15, 0.2) is 6.10 Å². The molecule has 5 heteroatoms. The van der Waals surface area contributed by atoms with Crippen LogP contribution in [-0.4, -0.2) is 21.6 Å². The predicted octanol–water partition coefficient (Wildman–Crippen LogP) is 4.44. The van der Waals surface area contributed by atoms with Gasteiger partial charge >= 0.3 is 0 Å². The molecular weight excluding hydrogens is 350 g/mol. The molecule has 0 aliphatic rings. The lowest BCUT2D eigenvalue weighted by Crippen LogP contribution is -2.36. The summed E-state index contributed by atoms with van der Waals surface area (Å²) in [4.78, 5) is 17.1. The van der Waals surface area contributed by atoms with Crippen molar-refractivity contribution < 1.29 is 9.53 Å². The van der Waals surface area contributed by atoms with Crippen molar-refractivity contribution in [3.8, 4) is 5.75 Å². The molecule has 28 heavy (non-hydrogen) atoms. The van der Waals surface area contributed by atoms with E-state index in [1.807, 2.05) is 48.5 Å². The molecule has 1 unspecified atom stereocenters. The zero-order valence-electron chi connectivity index (χ0n) is 17.3.